The summed E-state index contributed by atoms with van der Waals surface area (Å²) in [6, 6.07) is -1.19. The van der Waals surface area contributed by atoms with Gasteiger partial charge >= 0.3 is 18.2 Å². The predicted octanol–water partition coefficient (Wildman–Crippen LogP) is 1.35. The number of nitrogens with one attached hydrogen (secondary N) is 2. The Bertz CT molecular complexity index is 416. The second-order valence-corrected chi connectivity index (χ2v) is 5.43. The normalized spacial score (nSPS) is 13.3. The van der Waals surface area contributed by atoms with Crippen molar-refractivity contribution in [2.45, 2.75) is 45.4 Å². The van der Waals surface area contributed by atoms with Gasteiger partial charge in [0.2, 0.25) is 0 Å². The summed E-state index contributed by atoms with van der Waals surface area (Å²) < 4.78 is 14.6. The van der Waals surface area contributed by atoms with Gasteiger partial charge in [-0.1, -0.05) is 6.08 Å². The van der Waals surface area contributed by atoms with Gasteiger partial charge in [-0.05, 0) is 27.7 Å². The van der Waals surface area contributed by atoms with E-state index in [0.29, 0.717) is 0 Å². The molecule has 0 radical (unpaired) electrons. The molecule has 0 aromatic heterocycles. The number of methoxy groups -OCH3 is 1. The lowest BCUT2D eigenvalue weighted by atomic mass is 10.2. The van der Waals surface area contributed by atoms with Gasteiger partial charge in [0.05, 0.1) is 7.11 Å². The molecule has 0 saturated heterocycles. The first kappa shape index (κ1) is 19.8. The number of amides is 2. The van der Waals surface area contributed by atoms with E-state index < -0.39 is 35.9 Å². The average molecular weight is 316 g/mol. The molecule has 22 heavy (non-hydrogen) atoms. The van der Waals surface area contributed by atoms with Crippen molar-refractivity contribution in [3.05, 3.63) is 12.7 Å². The maximum absolute atomic E-state index is 11.7. The van der Waals surface area contributed by atoms with Crippen molar-refractivity contribution in [2.75, 3.05) is 13.7 Å². The van der Waals surface area contributed by atoms with Gasteiger partial charge in [0.25, 0.3) is 0 Å². The van der Waals surface area contributed by atoms with E-state index in [1.54, 1.807) is 20.8 Å². The second-order valence-electron chi connectivity index (χ2n) is 5.43. The Kier molecular flexibility index (Phi) is 8.00. The van der Waals surface area contributed by atoms with E-state index in [0.717, 1.165) is 7.11 Å². The Balaban J connectivity index is 4.76. The molecule has 0 spiro atoms. The van der Waals surface area contributed by atoms with Crippen LogP contribution in [0.25, 0.3) is 0 Å². The molecule has 126 valence electrons. The number of hydrogen-bond acceptors (Lipinski definition) is 6. The van der Waals surface area contributed by atoms with E-state index in [1.165, 1.54) is 13.0 Å². The van der Waals surface area contributed by atoms with Gasteiger partial charge in [0.15, 0.2) is 6.04 Å². The SMILES string of the molecule is C=CCNC(=O)O[C@H](C)[C@H](NC(=O)OC(C)(C)C)C(=O)OC. The van der Waals surface area contributed by atoms with Crippen molar-refractivity contribution in [3.63, 3.8) is 0 Å². The van der Waals surface area contributed by atoms with Crippen LogP contribution in [0, 0.1) is 0 Å². The molecule has 0 bridgehead atoms. The standard InChI is InChI=1S/C14H24N2O6/c1-7-8-15-12(18)21-9(2)10(11(17)20-6)16-13(19)22-14(3,4)5/h7,9-10H,1,8H2,2-6H3,(H,15,18)(H,16,19)/t9-,10+/m1/s1. The van der Waals surface area contributed by atoms with Gasteiger partial charge in [-0.2, -0.15) is 0 Å². The summed E-state index contributed by atoms with van der Waals surface area (Å²) in [5.74, 6) is -0.755. The lowest BCUT2D eigenvalue weighted by Crippen LogP contribution is -2.51. The van der Waals surface area contributed by atoms with Crippen LogP contribution in [-0.2, 0) is 19.0 Å². The van der Waals surface area contributed by atoms with E-state index in [2.05, 4.69) is 21.9 Å². The largest absolute Gasteiger partial charge is 0.467 e. The molecule has 2 amide bonds. The summed E-state index contributed by atoms with van der Waals surface area (Å²) in [5.41, 5.74) is -0.726. The fraction of sp³-hybridized carbons (Fsp3) is 0.643. The third-order valence-corrected chi connectivity index (χ3v) is 2.28. The summed E-state index contributed by atoms with van der Waals surface area (Å²) >= 11 is 0. The molecule has 0 saturated carbocycles. The molecule has 8 nitrogen and oxygen atoms in total. The summed E-state index contributed by atoms with van der Waals surface area (Å²) in [7, 11) is 1.16. The third kappa shape index (κ3) is 8.13. The number of carbonyl (C=O) groups is 3. The predicted molar refractivity (Wildman–Crippen MR) is 79.3 cm³/mol. The van der Waals surface area contributed by atoms with Crippen molar-refractivity contribution in [1.29, 1.82) is 0 Å². The van der Waals surface area contributed by atoms with Crippen molar-refractivity contribution in [2.24, 2.45) is 0 Å². The van der Waals surface area contributed by atoms with Crippen LogP contribution in [0.15, 0.2) is 12.7 Å². The van der Waals surface area contributed by atoms with E-state index >= 15 is 0 Å². The number of carbonyl (C=O) groups excluding carboxylic acids is 3. The molecule has 0 rings (SSSR count). The van der Waals surface area contributed by atoms with Crippen LogP contribution in [0.3, 0.4) is 0 Å². The Hall–Kier alpha value is -2.25. The smallest absolute Gasteiger partial charge is 0.408 e. The molecule has 0 heterocycles. The van der Waals surface area contributed by atoms with Crippen molar-refractivity contribution in [1.82, 2.24) is 10.6 Å². The van der Waals surface area contributed by atoms with Gasteiger partial charge in [-0.3, -0.25) is 0 Å². The van der Waals surface area contributed by atoms with Crippen LogP contribution in [0.5, 0.6) is 0 Å². The minimum absolute atomic E-state index is 0.216. The number of ether oxygens (including phenoxy) is 3. The maximum Gasteiger partial charge on any atom is 0.408 e. The number of hydrogen-bond donors (Lipinski definition) is 2. The maximum atomic E-state index is 11.7. The van der Waals surface area contributed by atoms with Crippen LogP contribution in [0.4, 0.5) is 9.59 Å². The number of alkyl carbamates (subject to hydrolysis) is 2. The molecular weight excluding hydrogens is 292 g/mol. The average Bonchev–Trinajstić information content (AvgIpc) is 2.39. The molecule has 2 N–H and O–H groups in total. The fourth-order valence-electron chi connectivity index (χ4n) is 1.36. The lowest BCUT2D eigenvalue weighted by molar-refractivity contribution is -0.145. The monoisotopic (exact) mass is 316 g/mol. The Morgan fingerprint density at radius 2 is 1.82 bits per heavy atom. The van der Waals surface area contributed by atoms with Gasteiger partial charge < -0.3 is 24.8 Å². The zero-order valence-corrected chi connectivity index (χ0v) is 13.6. The van der Waals surface area contributed by atoms with Gasteiger partial charge in [-0.25, -0.2) is 14.4 Å². The minimum Gasteiger partial charge on any atom is -0.467 e. The number of rotatable bonds is 6. The molecule has 0 aromatic carbocycles. The molecular formula is C14H24N2O6. The van der Waals surface area contributed by atoms with Crippen molar-refractivity contribution >= 4 is 18.2 Å². The van der Waals surface area contributed by atoms with Crippen LogP contribution in [0.2, 0.25) is 0 Å². The molecule has 2 atom stereocenters. The Morgan fingerprint density at radius 1 is 1.23 bits per heavy atom. The van der Waals surface area contributed by atoms with Gasteiger partial charge in [0.1, 0.15) is 11.7 Å². The Morgan fingerprint density at radius 3 is 2.27 bits per heavy atom. The molecule has 0 aliphatic carbocycles. The highest BCUT2D eigenvalue weighted by molar-refractivity contribution is 5.82. The quantitative estimate of drug-likeness (QED) is 0.435. The first-order valence-corrected chi connectivity index (χ1v) is 6.73. The molecule has 0 unspecified atom stereocenters. The van der Waals surface area contributed by atoms with E-state index in [-0.39, 0.29) is 6.54 Å². The highest BCUT2D eigenvalue weighted by Crippen LogP contribution is 2.08. The summed E-state index contributed by atoms with van der Waals surface area (Å²) in [6.45, 7) is 10.2. The van der Waals surface area contributed by atoms with Crippen molar-refractivity contribution in [3.8, 4) is 0 Å². The molecule has 0 aromatic rings. The lowest BCUT2D eigenvalue weighted by Gasteiger charge is -2.25. The van der Waals surface area contributed by atoms with E-state index in [4.69, 9.17) is 9.47 Å². The number of esters is 1. The van der Waals surface area contributed by atoms with E-state index in [9.17, 15) is 14.4 Å². The molecule has 0 fully saturated rings. The summed E-state index contributed by atoms with van der Waals surface area (Å²) in [4.78, 5) is 34.9. The third-order valence-electron chi connectivity index (χ3n) is 2.28. The van der Waals surface area contributed by atoms with Crippen LogP contribution in [0.1, 0.15) is 27.7 Å². The molecule has 0 aliphatic rings. The first-order valence-electron chi connectivity index (χ1n) is 6.73. The van der Waals surface area contributed by atoms with Crippen LogP contribution in [-0.4, -0.2) is 49.6 Å². The fourth-order valence-corrected chi connectivity index (χ4v) is 1.36. The summed E-state index contributed by atoms with van der Waals surface area (Å²) in [5, 5.41) is 4.72. The van der Waals surface area contributed by atoms with Gasteiger partial charge in [-0.15, -0.1) is 6.58 Å². The van der Waals surface area contributed by atoms with Crippen LogP contribution >= 0.6 is 0 Å². The molecule has 0 aliphatic heterocycles. The highest BCUT2D eigenvalue weighted by atomic mass is 16.6. The highest BCUT2D eigenvalue weighted by Gasteiger charge is 2.32. The Labute approximate surface area is 130 Å². The van der Waals surface area contributed by atoms with Crippen LogP contribution < -0.4 is 10.6 Å². The summed E-state index contributed by atoms with van der Waals surface area (Å²) in [6.07, 6.45) is -1.04. The molecule has 8 heteroatoms. The van der Waals surface area contributed by atoms with E-state index in [1.807, 2.05) is 0 Å². The zero-order chi connectivity index (χ0) is 17.3. The van der Waals surface area contributed by atoms with Gasteiger partial charge in [0, 0.05) is 6.54 Å². The topological polar surface area (TPSA) is 103 Å². The minimum atomic E-state index is -1.19. The zero-order valence-electron chi connectivity index (χ0n) is 13.6. The second kappa shape index (κ2) is 8.91. The van der Waals surface area contributed by atoms with Crippen molar-refractivity contribution < 1.29 is 28.6 Å². The first-order chi connectivity index (χ1) is 10.1.